The summed E-state index contributed by atoms with van der Waals surface area (Å²) in [5.74, 6) is 0.630. The van der Waals surface area contributed by atoms with Crippen molar-refractivity contribution in [2.75, 3.05) is 12.0 Å². The molecule has 0 saturated carbocycles. The third kappa shape index (κ3) is 4.50. The van der Waals surface area contributed by atoms with Crippen LogP contribution in [0, 0.1) is 0 Å². The Balaban J connectivity index is 1.68. The van der Waals surface area contributed by atoms with Crippen molar-refractivity contribution >= 4 is 38.7 Å². The number of methoxy groups -OCH3 is 1. The summed E-state index contributed by atoms with van der Waals surface area (Å²) in [6, 6.07) is 19.3. The molecule has 29 heavy (non-hydrogen) atoms. The maximum Gasteiger partial charge on any atom is 0.253 e. The number of ether oxygens (including phenoxy) is 1. The second-order valence-electron chi connectivity index (χ2n) is 6.36. The van der Waals surface area contributed by atoms with Crippen molar-refractivity contribution in [3.63, 3.8) is 0 Å². The summed E-state index contributed by atoms with van der Waals surface area (Å²) in [5, 5.41) is 0.639. The van der Waals surface area contributed by atoms with Crippen molar-refractivity contribution in [1.29, 1.82) is 0 Å². The first-order chi connectivity index (χ1) is 14.2. The molecule has 4 aromatic rings. The zero-order chi connectivity index (χ0) is 20.1. The van der Waals surface area contributed by atoms with Gasteiger partial charge in [0.25, 0.3) is 5.91 Å². The zero-order valence-corrected chi connectivity index (χ0v) is 16.7. The van der Waals surface area contributed by atoms with Crippen LogP contribution in [0.25, 0.3) is 16.3 Å². The van der Waals surface area contributed by atoms with E-state index in [9.17, 15) is 4.79 Å². The number of amides is 1. The van der Waals surface area contributed by atoms with E-state index in [1.165, 1.54) is 11.3 Å². The minimum absolute atomic E-state index is 0.135. The third-order valence-corrected chi connectivity index (χ3v) is 5.40. The highest BCUT2D eigenvalue weighted by molar-refractivity contribution is 7.22. The lowest BCUT2D eigenvalue weighted by molar-refractivity contribution is -0.114. The van der Waals surface area contributed by atoms with Gasteiger partial charge in [-0.25, -0.2) is 4.98 Å². The van der Waals surface area contributed by atoms with E-state index >= 15 is 0 Å². The molecule has 0 radical (unpaired) electrons. The van der Waals surface area contributed by atoms with Crippen LogP contribution in [-0.4, -0.2) is 23.0 Å². The molecule has 0 unspecified atom stereocenters. The van der Waals surface area contributed by atoms with Crippen LogP contribution in [0.15, 0.2) is 79.1 Å². The predicted molar refractivity (Wildman–Crippen MR) is 117 cm³/mol. The summed E-state index contributed by atoms with van der Waals surface area (Å²) in [7, 11) is 1.63. The normalized spacial score (nSPS) is 11.1. The van der Waals surface area contributed by atoms with Gasteiger partial charge in [-0.05, 0) is 41.5 Å². The fourth-order valence-electron chi connectivity index (χ4n) is 2.87. The summed E-state index contributed by atoms with van der Waals surface area (Å²) in [5.41, 5.74) is 2.74. The first-order valence-corrected chi connectivity index (χ1v) is 9.93. The van der Waals surface area contributed by atoms with E-state index in [1.54, 1.807) is 30.5 Å². The van der Waals surface area contributed by atoms with Gasteiger partial charge < -0.3 is 4.74 Å². The molecule has 0 aliphatic carbocycles. The smallest absolute Gasteiger partial charge is 0.253 e. The predicted octanol–water partition coefficient (Wildman–Crippen LogP) is 4.95. The van der Waals surface area contributed by atoms with Crippen molar-refractivity contribution in [2.45, 2.75) is 6.54 Å². The molecule has 2 heterocycles. The Hall–Kier alpha value is -3.51. The number of carbonyl (C=O) groups excluding carboxylic acids is 1. The van der Waals surface area contributed by atoms with Gasteiger partial charge in [-0.15, -0.1) is 0 Å². The molecule has 0 bridgehead atoms. The van der Waals surface area contributed by atoms with Crippen molar-refractivity contribution in [2.24, 2.45) is 0 Å². The molecular weight excluding hydrogens is 382 g/mol. The first-order valence-electron chi connectivity index (χ1n) is 9.11. The Labute approximate surface area is 172 Å². The molecule has 2 aromatic heterocycles. The molecule has 0 spiro atoms. The van der Waals surface area contributed by atoms with Gasteiger partial charge in [0.1, 0.15) is 5.75 Å². The molecule has 2 aromatic carbocycles. The first kappa shape index (κ1) is 18.8. The average molecular weight is 401 g/mol. The number of pyridine rings is 1. The minimum Gasteiger partial charge on any atom is -0.497 e. The number of thiazole rings is 1. The lowest BCUT2D eigenvalue weighted by Gasteiger charge is -2.18. The maximum atomic E-state index is 13.1. The molecule has 0 aliphatic rings. The molecule has 144 valence electrons. The summed E-state index contributed by atoms with van der Waals surface area (Å²) < 4.78 is 6.27. The highest BCUT2D eigenvalue weighted by atomic mass is 32.1. The van der Waals surface area contributed by atoms with E-state index < -0.39 is 0 Å². The molecular formula is C23H19N3O2S. The van der Waals surface area contributed by atoms with Crippen LogP contribution in [0.4, 0.5) is 5.13 Å². The standard InChI is InChI=1S/C23H19N3O2S/c1-28-19-10-11-20-21(14-19)29-23(25-20)26(16-18-8-5-13-24-15-18)22(27)12-9-17-6-3-2-4-7-17/h2-15H,16H2,1H3. The van der Waals surface area contributed by atoms with Crippen LogP contribution in [0.5, 0.6) is 5.75 Å². The van der Waals surface area contributed by atoms with E-state index in [0.29, 0.717) is 11.7 Å². The molecule has 0 atom stereocenters. The molecule has 4 rings (SSSR count). The van der Waals surface area contributed by atoms with Gasteiger partial charge in [-0.3, -0.25) is 14.7 Å². The second kappa shape index (κ2) is 8.67. The van der Waals surface area contributed by atoms with Crippen LogP contribution in [-0.2, 0) is 11.3 Å². The van der Waals surface area contributed by atoms with Crippen molar-refractivity contribution in [1.82, 2.24) is 9.97 Å². The molecule has 0 N–H and O–H groups in total. The van der Waals surface area contributed by atoms with Crippen molar-refractivity contribution < 1.29 is 9.53 Å². The number of hydrogen-bond donors (Lipinski definition) is 0. The third-order valence-electron chi connectivity index (χ3n) is 4.36. The zero-order valence-electron chi connectivity index (χ0n) is 15.9. The van der Waals surface area contributed by atoms with Crippen molar-refractivity contribution in [3.8, 4) is 5.75 Å². The molecule has 0 fully saturated rings. The lowest BCUT2D eigenvalue weighted by atomic mass is 10.2. The SMILES string of the molecule is COc1ccc2nc(N(Cc3cccnc3)C(=O)C=Cc3ccccc3)sc2c1. The second-order valence-corrected chi connectivity index (χ2v) is 7.37. The Bertz CT molecular complexity index is 1140. The van der Waals surface area contributed by atoms with Gasteiger partial charge in [-0.2, -0.15) is 0 Å². The number of nitrogens with zero attached hydrogens (tertiary/aromatic N) is 3. The summed E-state index contributed by atoms with van der Waals surface area (Å²) in [6.07, 6.45) is 6.87. The van der Waals surface area contributed by atoms with E-state index in [4.69, 9.17) is 4.74 Å². The van der Waals surface area contributed by atoms with Crippen LogP contribution in [0.2, 0.25) is 0 Å². The van der Waals surface area contributed by atoms with E-state index in [-0.39, 0.29) is 5.91 Å². The number of rotatable bonds is 6. The summed E-state index contributed by atoms with van der Waals surface area (Å²) >= 11 is 1.46. The van der Waals surface area contributed by atoms with Crippen LogP contribution in [0.3, 0.4) is 0 Å². The highest BCUT2D eigenvalue weighted by Crippen LogP contribution is 2.32. The van der Waals surface area contributed by atoms with Crippen LogP contribution >= 0.6 is 11.3 Å². The highest BCUT2D eigenvalue weighted by Gasteiger charge is 2.19. The van der Waals surface area contributed by atoms with Gasteiger partial charge >= 0.3 is 0 Å². The largest absolute Gasteiger partial charge is 0.497 e. The summed E-state index contributed by atoms with van der Waals surface area (Å²) in [4.78, 5) is 23.6. The molecule has 6 heteroatoms. The Kier molecular flexibility index (Phi) is 5.63. The van der Waals surface area contributed by atoms with E-state index in [1.807, 2.05) is 66.7 Å². The van der Waals surface area contributed by atoms with E-state index in [0.717, 1.165) is 27.1 Å². The Morgan fingerprint density at radius 3 is 2.76 bits per heavy atom. The van der Waals surface area contributed by atoms with Gasteiger partial charge in [-0.1, -0.05) is 47.7 Å². The Morgan fingerprint density at radius 2 is 2.00 bits per heavy atom. The van der Waals surface area contributed by atoms with Crippen LogP contribution < -0.4 is 9.64 Å². The molecule has 1 amide bonds. The van der Waals surface area contributed by atoms with Gasteiger partial charge in [0.15, 0.2) is 5.13 Å². The molecule has 0 aliphatic heterocycles. The maximum absolute atomic E-state index is 13.1. The summed E-state index contributed by atoms with van der Waals surface area (Å²) in [6.45, 7) is 0.392. The van der Waals surface area contributed by atoms with Gasteiger partial charge in [0, 0.05) is 18.5 Å². The molecule has 0 saturated heterocycles. The number of carbonyl (C=O) groups is 1. The quantitative estimate of drug-likeness (QED) is 0.429. The number of aromatic nitrogens is 2. The minimum atomic E-state index is -0.135. The van der Waals surface area contributed by atoms with Crippen LogP contribution in [0.1, 0.15) is 11.1 Å². The lowest BCUT2D eigenvalue weighted by Crippen LogP contribution is -2.28. The monoisotopic (exact) mass is 401 g/mol. The molecule has 5 nitrogen and oxygen atoms in total. The Morgan fingerprint density at radius 1 is 1.14 bits per heavy atom. The average Bonchev–Trinajstić information content (AvgIpc) is 3.20. The topological polar surface area (TPSA) is 55.3 Å². The fraction of sp³-hybridized carbons (Fsp3) is 0.0870. The fourth-order valence-corrected chi connectivity index (χ4v) is 3.87. The van der Waals surface area contributed by atoms with Gasteiger partial charge in [0.2, 0.25) is 0 Å². The number of anilines is 1. The number of fused-ring (bicyclic) bond motifs is 1. The number of hydrogen-bond acceptors (Lipinski definition) is 5. The van der Waals surface area contributed by atoms with Gasteiger partial charge in [0.05, 0.1) is 23.9 Å². The number of benzene rings is 2. The van der Waals surface area contributed by atoms with E-state index in [2.05, 4.69) is 9.97 Å². The van der Waals surface area contributed by atoms with Crippen molar-refractivity contribution in [3.05, 3.63) is 90.3 Å².